The molecule has 0 atom stereocenters. The highest BCUT2D eigenvalue weighted by atomic mass is 79.9. The number of carbonyl (C=O) groups excluding carboxylic acids is 1. The van der Waals surface area contributed by atoms with Gasteiger partial charge in [-0.25, -0.2) is 9.59 Å². The highest BCUT2D eigenvalue weighted by molar-refractivity contribution is 9.10. The van der Waals surface area contributed by atoms with Crippen molar-refractivity contribution in [2.24, 2.45) is 0 Å². The monoisotopic (exact) mass is 313 g/mol. The van der Waals surface area contributed by atoms with Crippen molar-refractivity contribution in [3.05, 3.63) is 40.9 Å². The van der Waals surface area contributed by atoms with Crippen LogP contribution >= 0.6 is 15.9 Å². The van der Waals surface area contributed by atoms with Crippen LogP contribution in [0.2, 0.25) is 0 Å². The van der Waals surface area contributed by atoms with Gasteiger partial charge < -0.3 is 9.84 Å². The van der Waals surface area contributed by atoms with Gasteiger partial charge in [0.05, 0.1) is 6.61 Å². The lowest BCUT2D eigenvalue weighted by Gasteiger charge is -2.07. The zero-order valence-electron chi connectivity index (χ0n) is 9.48. The molecule has 0 unspecified atom stereocenters. The molecule has 0 bridgehead atoms. The van der Waals surface area contributed by atoms with Gasteiger partial charge in [-0.05, 0) is 18.2 Å². The van der Waals surface area contributed by atoms with Gasteiger partial charge in [0.15, 0.2) is 0 Å². The number of halogens is 1. The molecule has 96 valence electrons. The molecular weight excluding hydrogens is 302 g/mol. The maximum absolute atomic E-state index is 11.3. The van der Waals surface area contributed by atoms with Crippen LogP contribution in [-0.2, 0) is 9.53 Å². The third-order valence-electron chi connectivity index (χ3n) is 2.01. The van der Waals surface area contributed by atoms with E-state index in [1.165, 1.54) is 0 Å². The van der Waals surface area contributed by atoms with Crippen LogP contribution in [0, 0.1) is 0 Å². The van der Waals surface area contributed by atoms with Gasteiger partial charge in [-0.1, -0.05) is 28.6 Å². The van der Waals surface area contributed by atoms with E-state index in [1.807, 2.05) is 6.07 Å². The fraction of sp³-hybridized carbons (Fsp3) is 0.167. The topological polar surface area (TPSA) is 75.6 Å². The second-order valence-corrected chi connectivity index (χ2v) is 4.35. The summed E-state index contributed by atoms with van der Waals surface area (Å²) in [6, 6.07) is 7.03. The van der Waals surface area contributed by atoms with Gasteiger partial charge in [0.2, 0.25) is 0 Å². The first-order valence-corrected chi connectivity index (χ1v) is 5.89. The molecule has 0 saturated heterocycles. The fourth-order valence-corrected chi connectivity index (χ4v) is 1.49. The molecule has 1 rings (SSSR count). The minimum atomic E-state index is -1.09. The number of anilines is 1. The Balaban J connectivity index is 2.34. The average molecular weight is 314 g/mol. The average Bonchev–Trinajstić information content (AvgIpc) is 2.28. The number of amides is 1. The minimum absolute atomic E-state index is 0.00487. The van der Waals surface area contributed by atoms with Crippen molar-refractivity contribution in [3.63, 3.8) is 0 Å². The quantitative estimate of drug-likeness (QED) is 0.819. The molecule has 0 heterocycles. The van der Waals surface area contributed by atoms with E-state index in [2.05, 4.69) is 27.8 Å². The summed E-state index contributed by atoms with van der Waals surface area (Å²) in [6.45, 7) is 3.31. The Labute approximate surface area is 113 Å². The molecule has 0 aromatic heterocycles. The molecule has 0 spiro atoms. The van der Waals surface area contributed by atoms with Gasteiger partial charge in [0, 0.05) is 22.2 Å². The molecule has 0 aliphatic carbocycles. The van der Waals surface area contributed by atoms with Gasteiger partial charge in [-0.3, -0.25) is 5.32 Å². The summed E-state index contributed by atoms with van der Waals surface area (Å²) in [5.74, 6) is -1.09. The molecule has 18 heavy (non-hydrogen) atoms. The van der Waals surface area contributed by atoms with E-state index in [0.29, 0.717) is 5.69 Å². The molecule has 5 nitrogen and oxygen atoms in total. The maximum atomic E-state index is 11.3. The summed E-state index contributed by atoms with van der Waals surface area (Å²) in [5.41, 5.74) is 0.594. The van der Waals surface area contributed by atoms with E-state index >= 15 is 0 Å². The fourth-order valence-electron chi connectivity index (χ4n) is 1.09. The van der Waals surface area contributed by atoms with Crippen LogP contribution in [0.1, 0.15) is 6.42 Å². The largest absolute Gasteiger partial charge is 0.478 e. The lowest BCUT2D eigenvalue weighted by molar-refractivity contribution is -0.132. The van der Waals surface area contributed by atoms with E-state index < -0.39 is 12.1 Å². The lowest BCUT2D eigenvalue weighted by Crippen LogP contribution is -2.15. The number of hydrogen-bond acceptors (Lipinski definition) is 3. The molecule has 1 aromatic carbocycles. The van der Waals surface area contributed by atoms with Gasteiger partial charge in [0.25, 0.3) is 0 Å². The Morgan fingerprint density at radius 2 is 2.17 bits per heavy atom. The molecule has 2 N–H and O–H groups in total. The molecule has 0 saturated carbocycles. The van der Waals surface area contributed by atoms with E-state index in [1.54, 1.807) is 18.2 Å². The first-order valence-electron chi connectivity index (χ1n) is 5.09. The molecule has 0 radical (unpaired) electrons. The van der Waals surface area contributed by atoms with E-state index in [0.717, 1.165) is 4.47 Å². The number of benzene rings is 1. The molecule has 1 aromatic rings. The third-order valence-corrected chi connectivity index (χ3v) is 2.50. The highest BCUT2D eigenvalue weighted by Gasteiger charge is 2.07. The molecule has 0 aliphatic heterocycles. The first-order chi connectivity index (χ1) is 8.49. The lowest BCUT2D eigenvalue weighted by atomic mass is 10.2. The number of carboxylic acids is 1. The van der Waals surface area contributed by atoms with Gasteiger partial charge >= 0.3 is 12.1 Å². The van der Waals surface area contributed by atoms with Crippen LogP contribution in [0.4, 0.5) is 10.5 Å². The second-order valence-electron chi connectivity index (χ2n) is 3.43. The zero-order valence-corrected chi connectivity index (χ0v) is 11.1. The van der Waals surface area contributed by atoms with Crippen molar-refractivity contribution < 1.29 is 19.4 Å². The summed E-state index contributed by atoms with van der Waals surface area (Å²) < 4.78 is 5.65. The van der Waals surface area contributed by atoms with Crippen LogP contribution in [0.5, 0.6) is 0 Å². The predicted octanol–water partition coefficient (Wildman–Crippen LogP) is 3.03. The predicted molar refractivity (Wildman–Crippen MR) is 70.5 cm³/mol. The van der Waals surface area contributed by atoms with E-state index in [4.69, 9.17) is 9.84 Å². The summed E-state index contributed by atoms with van der Waals surface area (Å²) >= 11 is 3.27. The Morgan fingerprint density at radius 1 is 1.44 bits per heavy atom. The Kier molecular flexibility index (Phi) is 5.38. The van der Waals surface area contributed by atoms with Crippen molar-refractivity contribution in [2.75, 3.05) is 11.9 Å². The van der Waals surface area contributed by atoms with Crippen molar-refractivity contribution in [1.29, 1.82) is 0 Å². The van der Waals surface area contributed by atoms with E-state index in [9.17, 15) is 9.59 Å². The third kappa shape index (κ3) is 5.01. The maximum Gasteiger partial charge on any atom is 0.411 e. The van der Waals surface area contributed by atoms with Crippen LogP contribution < -0.4 is 5.32 Å². The Morgan fingerprint density at radius 3 is 2.78 bits per heavy atom. The second kappa shape index (κ2) is 6.80. The molecular formula is C12H12BrNO4. The van der Waals surface area contributed by atoms with Crippen LogP contribution in [0.25, 0.3) is 0 Å². The number of ether oxygens (including phenoxy) is 1. The summed E-state index contributed by atoms with van der Waals surface area (Å²) in [7, 11) is 0. The summed E-state index contributed by atoms with van der Waals surface area (Å²) in [4.78, 5) is 21.8. The number of carbonyl (C=O) groups is 2. The van der Waals surface area contributed by atoms with Gasteiger partial charge in [-0.15, -0.1) is 0 Å². The SMILES string of the molecule is C=C(CCOC(=O)Nc1cccc(Br)c1)C(=O)O. The molecule has 6 heteroatoms. The van der Waals surface area contributed by atoms with Crippen LogP contribution in [-0.4, -0.2) is 23.8 Å². The van der Waals surface area contributed by atoms with Crippen LogP contribution in [0.3, 0.4) is 0 Å². The number of hydrogen-bond donors (Lipinski definition) is 2. The number of rotatable bonds is 5. The normalized spacial score (nSPS) is 9.61. The molecule has 0 fully saturated rings. The number of aliphatic carboxylic acids is 1. The first kappa shape index (κ1) is 14.2. The molecule has 0 aliphatic rings. The minimum Gasteiger partial charge on any atom is -0.478 e. The standard InChI is InChI=1S/C12H12BrNO4/c1-8(11(15)16)5-6-18-12(17)14-10-4-2-3-9(13)7-10/h2-4,7H,1,5-6H2,(H,14,17)(H,15,16). The highest BCUT2D eigenvalue weighted by Crippen LogP contribution is 2.15. The van der Waals surface area contributed by atoms with Gasteiger partial charge in [0.1, 0.15) is 0 Å². The zero-order chi connectivity index (χ0) is 13.5. The van der Waals surface area contributed by atoms with Crippen molar-refractivity contribution in [2.45, 2.75) is 6.42 Å². The Bertz CT molecular complexity index is 473. The smallest absolute Gasteiger partial charge is 0.411 e. The van der Waals surface area contributed by atoms with Crippen molar-refractivity contribution in [3.8, 4) is 0 Å². The van der Waals surface area contributed by atoms with Crippen molar-refractivity contribution in [1.82, 2.24) is 0 Å². The van der Waals surface area contributed by atoms with Crippen molar-refractivity contribution >= 4 is 33.7 Å². The van der Waals surface area contributed by atoms with Crippen LogP contribution in [0.15, 0.2) is 40.9 Å². The van der Waals surface area contributed by atoms with E-state index in [-0.39, 0.29) is 18.6 Å². The van der Waals surface area contributed by atoms with Gasteiger partial charge in [-0.2, -0.15) is 0 Å². The summed E-state index contributed by atoms with van der Waals surface area (Å²) in [5, 5.41) is 11.1. The summed E-state index contributed by atoms with van der Waals surface area (Å²) in [6.07, 6.45) is -0.535. The number of carboxylic acid groups (broad SMARTS) is 1. The Hall–Kier alpha value is -1.82. The number of nitrogens with one attached hydrogen (secondary N) is 1. The molecule has 1 amide bonds.